The normalized spacial score (nSPS) is 30.2. The molecule has 1 aromatic rings. The van der Waals surface area contributed by atoms with Crippen LogP contribution < -0.4 is 0 Å². The number of carboxylic acid groups (broad SMARTS) is 2. The van der Waals surface area contributed by atoms with E-state index in [1.54, 1.807) is 0 Å². The number of aliphatic carboxylic acids is 2. The third kappa shape index (κ3) is 4.96. The first-order chi connectivity index (χ1) is 14.3. The van der Waals surface area contributed by atoms with Gasteiger partial charge in [-0.3, -0.25) is 4.90 Å². The van der Waals surface area contributed by atoms with Gasteiger partial charge in [0.25, 0.3) is 0 Å². The smallest absolute Gasteiger partial charge is 0.328 e. The largest absolute Gasteiger partial charge is 0.478 e. The zero-order chi connectivity index (χ0) is 21.8. The average molecular weight is 455 g/mol. The molecule has 0 radical (unpaired) electrons. The number of oxime groups is 1. The van der Waals surface area contributed by atoms with E-state index in [0.29, 0.717) is 52.7 Å². The lowest BCUT2D eigenvalue weighted by Crippen LogP contribution is -2.40. The van der Waals surface area contributed by atoms with Crippen LogP contribution in [0.3, 0.4) is 0 Å². The second kappa shape index (κ2) is 9.81. The third-order valence-corrected chi connectivity index (χ3v) is 6.58. The van der Waals surface area contributed by atoms with E-state index >= 15 is 0 Å². The first-order valence-electron chi connectivity index (χ1n) is 9.85. The van der Waals surface area contributed by atoms with Gasteiger partial charge in [0, 0.05) is 36.7 Å². The molecule has 162 valence electrons. The van der Waals surface area contributed by atoms with Gasteiger partial charge in [-0.25, -0.2) is 9.59 Å². The number of halogens is 2. The van der Waals surface area contributed by atoms with Gasteiger partial charge in [0.05, 0.1) is 15.8 Å². The maximum atomic E-state index is 9.55. The van der Waals surface area contributed by atoms with E-state index in [1.807, 2.05) is 19.1 Å². The predicted octanol–water partition coefficient (Wildman–Crippen LogP) is 4.05. The Labute approximate surface area is 184 Å². The number of benzene rings is 1. The minimum absolute atomic E-state index is 0.461. The molecule has 4 rings (SSSR count). The van der Waals surface area contributed by atoms with Gasteiger partial charge in [-0.1, -0.05) is 34.4 Å². The van der Waals surface area contributed by atoms with Crippen molar-refractivity contribution in [2.24, 2.45) is 11.1 Å². The monoisotopic (exact) mass is 454 g/mol. The highest BCUT2D eigenvalue weighted by Gasteiger charge is 2.54. The first-order valence-corrected chi connectivity index (χ1v) is 10.6. The topological polar surface area (TPSA) is 99.4 Å². The van der Waals surface area contributed by atoms with Crippen molar-refractivity contribution in [2.75, 3.05) is 13.2 Å². The van der Waals surface area contributed by atoms with Gasteiger partial charge in [-0.15, -0.1) is 0 Å². The van der Waals surface area contributed by atoms with Crippen molar-refractivity contribution in [1.82, 2.24) is 4.90 Å². The van der Waals surface area contributed by atoms with Crippen molar-refractivity contribution < 1.29 is 24.6 Å². The summed E-state index contributed by atoms with van der Waals surface area (Å²) in [5, 5.41) is 21.3. The molecule has 0 amide bonds. The highest BCUT2D eigenvalue weighted by Crippen LogP contribution is 2.51. The number of carboxylic acids is 2. The molecule has 0 aliphatic carbocycles. The van der Waals surface area contributed by atoms with Crippen LogP contribution in [0.2, 0.25) is 10.0 Å². The highest BCUT2D eigenvalue weighted by molar-refractivity contribution is 6.42. The van der Waals surface area contributed by atoms with E-state index < -0.39 is 11.9 Å². The lowest BCUT2D eigenvalue weighted by molar-refractivity contribution is -0.134. The SMILES string of the molecule is CCON=C1CN2[C@H]3CC[C@@H]2[C@@H]1[C@@H](c1ccc(Cl)c(Cl)c1)C3.O=C(O)/C=C/C(=O)O. The van der Waals surface area contributed by atoms with Crippen LogP contribution in [-0.2, 0) is 14.4 Å². The van der Waals surface area contributed by atoms with Crippen LogP contribution in [0.1, 0.15) is 37.7 Å². The maximum Gasteiger partial charge on any atom is 0.328 e. The summed E-state index contributed by atoms with van der Waals surface area (Å²) in [6.45, 7) is 3.58. The fourth-order valence-corrected chi connectivity index (χ4v) is 5.08. The molecule has 3 saturated heterocycles. The Morgan fingerprint density at radius 3 is 2.50 bits per heavy atom. The quantitative estimate of drug-likeness (QED) is 0.514. The minimum atomic E-state index is -1.26. The van der Waals surface area contributed by atoms with Crippen molar-refractivity contribution in [2.45, 2.75) is 44.2 Å². The van der Waals surface area contributed by atoms with Gasteiger partial charge < -0.3 is 15.1 Å². The number of nitrogens with zero attached hydrogens (tertiary/aromatic N) is 2. The van der Waals surface area contributed by atoms with E-state index in [9.17, 15) is 9.59 Å². The van der Waals surface area contributed by atoms with Crippen LogP contribution in [0.25, 0.3) is 0 Å². The van der Waals surface area contributed by atoms with Crippen LogP contribution in [-0.4, -0.2) is 58.0 Å². The Balaban J connectivity index is 0.000000275. The van der Waals surface area contributed by atoms with Crippen LogP contribution in [0.5, 0.6) is 0 Å². The zero-order valence-corrected chi connectivity index (χ0v) is 18.0. The van der Waals surface area contributed by atoms with Gasteiger partial charge in [-0.2, -0.15) is 0 Å². The van der Waals surface area contributed by atoms with E-state index in [1.165, 1.54) is 30.5 Å². The van der Waals surface area contributed by atoms with Crippen molar-refractivity contribution in [3.05, 3.63) is 46.0 Å². The fourth-order valence-electron chi connectivity index (χ4n) is 4.77. The van der Waals surface area contributed by atoms with Crippen LogP contribution in [0, 0.1) is 5.92 Å². The molecule has 1 unspecified atom stereocenters. The highest BCUT2D eigenvalue weighted by atomic mass is 35.5. The van der Waals surface area contributed by atoms with Gasteiger partial charge in [0.1, 0.15) is 6.61 Å². The lowest BCUT2D eigenvalue weighted by Gasteiger charge is -2.36. The predicted molar refractivity (Wildman–Crippen MR) is 114 cm³/mol. The molecule has 5 atom stereocenters. The summed E-state index contributed by atoms with van der Waals surface area (Å²) in [4.78, 5) is 27.1. The van der Waals surface area contributed by atoms with E-state index in [4.69, 9.17) is 38.3 Å². The number of hydrogen-bond acceptors (Lipinski definition) is 5. The van der Waals surface area contributed by atoms with Gasteiger partial charge >= 0.3 is 11.9 Å². The molecular weight excluding hydrogens is 431 g/mol. The molecular formula is C21H24Cl2N2O5. The maximum absolute atomic E-state index is 9.55. The first kappa shape index (κ1) is 22.6. The molecule has 3 fully saturated rings. The summed E-state index contributed by atoms with van der Waals surface area (Å²) in [7, 11) is 0. The lowest BCUT2D eigenvalue weighted by atomic mass is 9.77. The van der Waals surface area contributed by atoms with Crippen LogP contribution in [0.4, 0.5) is 0 Å². The summed E-state index contributed by atoms with van der Waals surface area (Å²) < 4.78 is 0. The Hall–Kier alpha value is -2.09. The second-order valence-electron chi connectivity index (χ2n) is 7.52. The van der Waals surface area contributed by atoms with Crippen LogP contribution in [0.15, 0.2) is 35.5 Å². The molecule has 0 saturated carbocycles. The van der Waals surface area contributed by atoms with Crippen molar-refractivity contribution in [3.8, 4) is 0 Å². The number of carbonyl (C=O) groups is 2. The van der Waals surface area contributed by atoms with Crippen molar-refractivity contribution in [3.63, 3.8) is 0 Å². The standard InChI is InChI=1S/C17H20Cl2N2O.C4H4O4/c1-2-22-20-15-9-21-11-4-6-16(21)17(15)12(8-11)10-3-5-13(18)14(19)7-10;5-3(6)1-2-4(7)8/h3,5,7,11-12,16-17H,2,4,6,8-9H2,1H3;1-2H,(H,5,6)(H,7,8)/b;2-1+/t11-,12+,16+,17+;/m0./s1. The summed E-state index contributed by atoms with van der Waals surface area (Å²) in [5.41, 5.74) is 2.51. The van der Waals surface area contributed by atoms with E-state index in [-0.39, 0.29) is 0 Å². The molecule has 9 heteroatoms. The molecule has 2 N–H and O–H groups in total. The molecule has 4 bridgehead atoms. The average Bonchev–Trinajstić information content (AvgIpc) is 3.12. The van der Waals surface area contributed by atoms with Gasteiger partial charge in [-0.05, 0) is 49.8 Å². The molecule has 7 nitrogen and oxygen atoms in total. The van der Waals surface area contributed by atoms with E-state index in [0.717, 1.165) is 6.54 Å². The summed E-state index contributed by atoms with van der Waals surface area (Å²) in [6.07, 6.45) is 4.88. The van der Waals surface area contributed by atoms with Crippen molar-refractivity contribution in [1.29, 1.82) is 0 Å². The molecule has 3 heterocycles. The van der Waals surface area contributed by atoms with Gasteiger partial charge in [0.2, 0.25) is 0 Å². The Bertz CT molecular complexity index is 857. The Morgan fingerprint density at radius 1 is 1.20 bits per heavy atom. The molecule has 3 aliphatic rings. The number of hydrogen-bond donors (Lipinski definition) is 2. The minimum Gasteiger partial charge on any atom is -0.478 e. The Morgan fingerprint density at radius 2 is 1.90 bits per heavy atom. The molecule has 30 heavy (non-hydrogen) atoms. The van der Waals surface area contributed by atoms with Crippen LogP contribution >= 0.6 is 23.2 Å². The molecule has 1 aromatic carbocycles. The molecule has 0 spiro atoms. The summed E-state index contributed by atoms with van der Waals surface area (Å²) in [6, 6.07) is 7.39. The van der Waals surface area contributed by atoms with Gasteiger partial charge in [0.15, 0.2) is 0 Å². The molecule has 0 aromatic heterocycles. The number of piperidine rings is 1. The third-order valence-electron chi connectivity index (χ3n) is 5.85. The summed E-state index contributed by atoms with van der Waals surface area (Å²) in [5.74, 6) is -1.58. The Kier molecular flexibility index (Phi) is 7.39. The second-order valence-corrected chi connectivity index (χ2v) is 8.34. The zero-order valence-electron chi connectivity index (χ0n) is 16.5. The fraction of sp³-hybridized carbons (Fsp3) is 0.476. The van der Waals surface area contributed by atoms with E-state index in [2.05, 4.69) is 16.1 Å². The number of rotatable bonds is 5. The molecule has 3 aliphatic heterocycles. The summed E-state index contributed by atoms with van der Waals surface area (Å²) >= 11 is 12.3. The van der Waals surface area contributed by atoms with Crippen molar-refractivity contribution >= 4 is 40.9 Å².